The minimum Gasteiger partial charge on any atom is -0.507 e. The van der Waals surface area contributed by atoms with Gasteiger partial charge in [-0.3, -0.25) is 0 Å². The fourth-order valence-corrected chi connectivity index (χ4v) is 3.36. The molecule has 3 N–H and O–H groups in total. The molecule has 4 nitrogen and oxygen atoms in total. The van der Waals surface area contributed by atoms with Crippen LogP contribution in [-0.2, 0) is 30.6 Å². The molecule has 0 unspecified atom stereocenters. The van der Waals surface area contributed by atoms with Crippen LogP contribution in [0.1, 0.15) is 41.7 Å². The molecule has 1 aromatic carbocycles. The minimum atomic E-state index is -0.217. The van der Waals surface area contributed by atoms with E-state index in [1.54, 1.807) is 0 Å². The van der Waals surface area contributed by atoms with Crippen molar-refractivity contribution < 1.29 is 20.1 Å². The van der Waals surface area contributed by atoms with Crippen molar-refractivity contribution in [1.29, 1.82) is 0 Å². The van der Waals surface area contributed by atoms with E-state index in [1.807, 2.05) is 20.8 Å². The molecule has 21 heavy (non-hydrogen) atoms. The van der Waals surface area contributed by atoms with E-state index in [0.29, 0.717) is 31.8 Å². The highest BCUT2D eigenvalue weighted by Crippen LogP contribution is 2.45. The summed E-state index contributed by atoms with van der Waals surface area (Å²) in [7, 11) is 0. The van der Waals surface area contributed by atoms with Crippen molar-refractivity contribution >= 4 is 0 Å². The summed E-state index contributed by atoms with van der Waals surface area (Å²) in [5.41, 5.74) is 4.75. The second-order valence-electron chi connectivity index (χ2n) is 6.32. The summed E-state index contributed by atoms with van der Waals surface area (Å²) in [6, 6.07) is 0. The van der Waals surface area contributed by atoms with E-state index < -0.39 is 0 Å². The fourth-order valence-electron chi connectivity index (χ4n) is 3.36. The average Bonchev–Trinajstić information content (AvgIpc) is 2.83. The van der Waals surface area contributed by atoms with Gasteiger partial charge in [0.05, 0.1) is 6.61 Å². The van der Waals surface area contributed by atoms with Gasteiger partial charge in [0.25, 0.3) is 0 Å². The topological polar surface area (TPSA) is 69.9 Å². The monoisotopic (exact) mass is 294 g/mol. The number of fused-ring (bicyclic) bond motifs is 1. The lowest BCUT2D eigenvalue weighted by Gasteiger charge is -2.20. The van der Waals surface area contributed by atoms with E-state index in [9.17, 15) is 15.3 Å². The van der Waals surface area contributed by atoms with Crippen molar-refractivity contribution in [3.63, 3.8) is 0 Å². The number of ether oxygens (including phenoxy) is 1. The molecule has 0 aliphatic heterocycles. The van der Waals surface area contributed by atoms with Crippen molar-refractivity contribution in [2.75, 3.05) is 19.8 Å². The lowest BCUT2D eigenvalue weighted by atomic mass is 9.88. The molecular weight excluding hydrogens is 268 g/mol. The third kappa shape index (κ3) is 2.93. The maximum Gasteiger partial charge on any atom is 0.122 e. The number of hydrogen-bond donors (Lipinski definition) is 3. The first-order chi connectivity index (χ1) is 9.97. The Labute approximate surface area is 126 Å². The van der Waals surface area contributed by atoms with Crippen molar-refractivity contribution in [2.45, 2.75) is 46.6 Å². The van der Waals surface area contributed by atoms with Crippen LogP contribution in [0.4, 0.5) is 0 Å². The number of aromatic hydroxyl groups is 1. The Morgan fingerprint density at radius 2 is 1.81 bits per heavy atom. The van der Waals surface area contributed by atoms with Crippen LogP contribution in [0.25, 0.3) is 0 Å². The molecule has 0 fully saturated rings. The summed E-state index contributed by atoms with van der Waals surface area (Å²) in [5, 5.41) is 29.5. The van der Waals surface area contributed by atoms with Crippen molar-refractivity contribution in [3.8, 4) is 5.75 Å². The number of rotatable bonds is 6. The SMILES string of the molecule is CCOCc1c(CCO)c(C)c(O)c2c1C[C@@](C)(CO)C2. The molecule has 2 rings (SSSR count). The predicted molar refractivity (Wildman–Crippen MR) is 81.6 cm³/mol. The summed E-state index contributed by atoms with van der Waals surface area (Å²) in [6.45, 7) is 7.17. The van der Waals surface area contributed by atoms with Gasteiger partial charge in [-0.15, -0.1) is 0 Å². The Kier molecular flexibility index (Phi) is 4.91. The fraction of sp³-hybridized carbons (Fsp3) is 0.647. The van der Waals surface area contributed by atoms with Crippen LogP contribution < -0.4 is 0 Å². The van der Waals surface area contributed by atoms with Gasteiger partial charge in [-0.2, -0.15) is 0 Å². The number of phenols is 1. The van der Waals surface area contributed by atoms with E-state index >= 15 is 0 Å². The predicted octanol–water partition coefficient (Wildman–Crippen LogP) is 1.87. The Hall–Kier alpha value is -1.10. The van der Waals surface area contributed by atoms with E-state index in [2.05, 4.69) is 0 Å². The van der Waals surface area contributed by atoms with E-state index in [-0.39, 0.29) is 18.6 Å². The van der Waals surface area contributed by atoms with Gasteiger partial charge >= 0.3 is 0 Å². The largest absolute Gasteiger partial charge is 0.507 e. The lowest BCUT2D eigenvalue weighted by molar-refractivity contribution is 0.131. The van der Waals surface area contributed by atoms with Crippen LogP contribution in [0.15, 0.2) is 0 Å². The third-order valence-corrected chi connectivity index (χ3v) is 4.59. The molecule has 0 saturated heterocycles. The summed E-state index contributed by atoms with van der Waals surface area (Å²) in [6.07, 6.45) is 1.95. The molecule has 0 spiro atoms. The number of benzene rings is 1. The Balaban J connectivity index is 2.56. The molecule has 0 heterocycles. The quantitative estimate of drug-likeness (QED) is 0.749. The van der Waals surface area contributed by atoms with Crippen LogP contribution in [0.3, 0.4) is 0 Å². The molecule has 1 aromatic rings. The highest BCUT2D eigenvalue weighted by Gasteiger charge is 2.37. The molecule has 1 aliphatic carbocycles. The Morgan fingerprint density at radius 1 is 1.14 bits per heavy atom. The maximum atomic E-state index is 10.5. The highest BCUT2D eigenvalue weighted by atomic mass is 16.5. The van der Waals surface area contributed by atoms with Gasteiger partial charge in [-0.05, 0) is 66.3 Å². The molecule has 0 saturated carbocycles. The van der Waals surface area contributed by atoms with Crippen LogP contribution in [0, 0.1) is 12.3 Å². The van der Waals surface area contributed by atoms with E-state index in [1.165, 1.54) is 0 Å². The van der Waals surface area contributed by atoms with Gasteiger partial charge in [0.1, 0.15) is 5.75 Å². The molecule has 0 bridgehead atoms. The molecule has 0 radical (unpaired) electrons. The molecule has 1 atom stereocenters. The lowest BCUT2D eigenvalue weighted by Crippen LogP contribution is -2.21. The van der Waals surface area contributed by atoms with Crippen LogP contribution >= 0.6 is 0 Å². The molecule has 118 valence electrons. The van der Waals surface area contributed by atoms with Gasteiger partial charge in [0, 0.05) is 19.8 Å². The van der Waals surface area contributed by atoms with Crippen molar-refractivity contribution in [2.24, 2.45) is 5.41 Å². The number of aliphatic hydroxyl groups is 2. The summed E-state index contributed by atoms with van der Waals surface area (Å²) < 4.78 is 5.60. The van der Waals surface area contributed by atoms with Gasteiger partial charge in [-0.1, -0.05) is 6.92 Å². The first-order valence-electron chi connectivity index (χ1n) is 7.62. The minimum absolute atomic E-state index is 0.0511. The van der Waals surface area contributed by atoms with Gasteiger partial charge in [-0.25, -0.2) is 0 Å². The first kappa shape index (κ1) is 16.3. The first-order valence-corrected chi connectivity index (χ1v) is 7.62. The smallest absolute Gasteiger partial charge is 0.122 e. The van der Waals surface area contributed by atoms with Crippen LogP contribution in [0.5, 0.6) is 5.75 Å². The summed E-state index contributed by atoms with van der Waals surface area (Å²) in [5.74, 6) is 0.325. The number of phenolic OH excluding ortho intramolecular Hbond substituents is 1. The molecule has 4 heteroatoms. The standard InChI is InChI=1S/C17H26O4/c1-4-21-9-15-12(5-6-18)11(2)16(20)14-8-17(3,10-19)7-13(14)15/h18-20H,4-10H2,1-3H3/t17-/m1/s1. The van der Waals surface area contributed by atoms with Crippen molar-refractivity contribution in [3.05, 3.63) is 27.8 Å². The molecule has 0 aromatic heterocycles. The van der Waals surface area contributed by atoms with Crippen LogP contribution in [-0.4, -0.2) is 35.1 Å². The van der Waals surface area contributed by atoms with Gasteiger partial charge < -0.3 is 20.1 Å². The van der Waals surface area contributed by atoms with Crippen molar-refractivity contribution in [1.82, 2.24) is 0 Å². The van der Waals surface area contributed by atoms with Gasteiger partial charge in [0.2, 0.25) is 0 Å². The van der Waals surface area contributed by atoms with Gasteiger partial charge in [0.15, 0.2) is 0 Å². The third-order valence-electron chi connectivity index (χ3n) is 4.59. The Morgan fingerprint density at radius 3 is 2.38 bits per heavy atom. The molecule has 1 aliphatic rings. The van der Waals surface area contributed by atoms with E-state index in [4.69, 9.17) is 4.74 Å². The van der Waals surface area contributed by atoms with Crippen LogP contribution in [0.2, 0.25) is 0 Å². The van der Waals surface area contributed by atoms with E-state index in [0.717, 1.165) is 34.2 Å². The highest BCUT2D eigenvalue weighted by molar-refractivity contribution is 5.57. The Bertz CT molecular complexity index is 524. The second-order valence-corrected chi connectivity index (χ2v) is 6.32. The maximum absolute atomic E-state index is 10.5. The second kappa shape index (κ2) is 6.34. The summed E-state index contributed by atoms with van der Waals surface area (Å²) in [4.78, 5) is 0. The molecule has 0 amide bonds. The zero-order chi connectivity index (χ0) is 15.6. The average molecular weight is 294 g/mol. The number of hydrogen-bond acceptors (Lipinski definition) is 4. The summed E-state index contributed by atoms with van der Waals surface area (Å²) >= 11 is 0. The number of aliphatic hydroxyl groups excluding tert-OH is 2. The zero-order valence-corrected chi connectivity index (χ0v) is 13.2. The molecular formula is C17H26O4. The normalized spacial score (nSPS) is 20.8. The zero-order valence-electron chi connectivity index (χ0n) is 13.2.